The molecule has 0 unspecified atom stereocenters. The third kappa shape index (κ3) is 7.03. The second-order valence-corrected chi connectivity index (χ2v) is 14.6. The van der Waals surface area contributed by atoms with E-state index in [2.05, 4.69) is 31.0 Å². The molecule has 0 saturated heterocycles. The van der Waals surface area contributed by atoms with Crippen LogP contribution in [-0.2, 0) is 27.2 Å². The zero-order valence-corrected chi connectivity index (χ0v) is 21.5. The number of hydrogen-bond acceptors (Lipinski definition) is 5. The minimum Gasteiger partial charge on any atom is -0.490 e. The van der Waals surface area contributed by atoms with Gasteiger partial charge in [0.05, 0.1) is 24.6 Å². The van der Waals surface area contributed by atoms with Gasteiger partial charge >= 0.3 is 5.97 Å². The minimum atomic E-state index is -2.23. The smallest absolute Gasteiger partial charge is 0.335 e. The number of carbonyl (C=O) groups is 1. The molecule has 7 nitrogen and oxygen atoms in total. The summed E-state index contributed by atoms with van der Waals surface area (Å²) >= 11 is 0. The molecule has 2 N–H and O–H groups in total. The Hall–Kier alpha value is -2.94. The molecule has 34 heavy (non-hydrogen) atoms. The van der Waals surface area contributed by atoms with Crippen molar-refractivity contribution in [2.24, 2.45) is 0 Å². The number of ether oxygens (including phenoxy) is 2. The van der Waals surface area contributed by atoms with E-state index >= 15 is 0 Å². The van der Waals surface area contributed by atoms with Crippen LogP contribution in [0.1, 0.15) is 32.0 Å². The van der Waals surface area contributed by atoms with E-state index in [1.54, 1.807) is 12.1 Å². The summed E-state index contributed by atoms with van der Waals surface area (Å²) in [7, 11) is -2.23. The Labute approximate surface area is 202 Å². The molecule has 1 aromatic heterocycles. The van der Waals surface area contributed by atoms with E-state index in [-0.39, 0.29) is 11.6 Å². The van der Waals surface area contributed by atoms with Gasteiger partial charge in [0.1, 0.15) is 12.4 Å². The Kier molecular flexibility index (Phi) is 8.30. The second-order valence-electron chi connectivity index (χ2n) is 9.80. The lowest BCUT2D eigenvalue weighted by Gasteiger charge is -2.38. The number of rotatable bonds is 11. The van der Waals surface area contributed by atoms with Crippen LogP contribution in [-0.4, -0.2) is 42.3 Å². The maximum atomic E-state index is 11.7. The molecular weight excluding hydrogens is 448 g/mol. The highest BCUT2D eigenvalue weighted by Gasteiger charge is 2.41. The number of carboxylic acid groups (broad SMARTS) is 1. The van der Waals surface area contributed by atoms with Crippen LogP contribution in [0.25, 0.3) is 11.3 Å². The van der Waals surface area contributed by atoms with Gasteiger partial charge in [0, 0.05) is 5.56 Å². The normalized spacial score (nSPS) is 13.0. The number of aliphatic carboxylic acids is 1. The Morgan fingerprint density at radius 2 is 1.74 bits per heavy atom. The topological polar surface area (TPSA) is 93.7 Å². The van der Waals surface area contributed by atoms with Crippen LogP contribution in [0.5, 0.6) is 5.75 Å². The highest BCUT2D eigenvalue weighted by molar-refractivity contribution is 6.74. The van der Waals surface area contributed by atoms with Crippen molar-refractivity contribution >= 4 is 14.3 Å². The first kappa shape index (κ1) is 25.7. The van der Waals surface area contributed by atoms with Crippen molar-refractivity contribution in [3.63, 3.8) is 0 Å². The van der Waals surface area contributed by atoms with E-state index < -0.39 is 20.4 Å². The maximum absolute atomic E-state index is 11.7. The molecule has 2 aromatic carbocycles. The van der Waals surface area contributed by atoms with Crippen LogP contribution in [0.3, 0.4) is 0 Å². The molecule has 1 heterocycles. The van der Waals surface area contributed by atoms with Crippen LogP contribution < -0.4 is 4.74 Å². The quantitative estimate of drug-likeness (QED) is 0.343. The first-order valence-corrected chi connectivity index (χ1v) is 14.3. The molecule has 3 rings (SSSR count). The lowest BCUT2D eigenvalue weighted by Crippen LogP contribution is -2.47. The van der Waals surface area contributed by atoms with Crippen molar-refractivity contribution in [3.8, 4) is 17.0 Å². The highest BCUT2D eigenvalue weighted by Crippen LogP contribution is 2.37. The molecule has 0 aliphatic rings. The summed E-state index contributed by atoms with van der Waals surface area (Å²) in [6.07, 6.45) is -1.01. The van der Waals surface area contributed by atoms with Crippen LogP contribution in [0.4, 0.5) is 0 Å². The average molecular weight is 483 g/mol. The molecule has 0 saturated carbocycles. The van der Waals surface area contributed by atoms with Gasteiger partial charge in [-0.25, -0.2) is 4.79 Å². The molecular formula is C26H34N2O5Si. The van der Waals surface area contributed by atoms with Crippen molar-refractivity contribution in [1.29, 1.82) is 0 Å². The largest absolute Gasteiger partial charge is 0.490 e. The Balaban J connectivity index is 1.54. The lowest BCUT2D eigenvalue weighted by atomic mass is 10.1. The number of nitrogens with zero attached hydrogens (tertiary/aromatic N) is 1. The van der Waals surface area contributed by atoms with Crippen LogP contribution in [0, 0.1) is 0 Å². The van der Waals surface area contributed by atoms with E-state index in [4.69, 9.17) is 13.9 Å². The zero-order valence-electron chi connectivity index (χ0n) is 20.5. The molecule has 3 aromatic rings. The molecule has 0 fully saturated rings. The SMILES string of the molecule is CC(C)(C)[Si](C)(C)O[C@H](COc1ccc(-c2cc(COCc3ccccc3)[nH]n2)cc1)C(=O)O. The number of aromatic nitrogens is 2. The fourth-order valence-electron chi connectivity index (χ4n) is 3.02. The molecule has 0 spiro atoms. The van der Waals surface area contributed by atoms with Crippen molar-refractivity contribution in [1.82, 2.24) is 10.2 Å². The van der Waals surface area contributed by atoms with Gasteiger partial charge in [-0.05, 0) is 54.0 Å². The molecule has 0 bridgehead atoms. The van der Waals surface area contributed by atoms with Gasteiger partial charge < -0.3 is 19.0 Å². The van der Waals surface area contributed by atoms with E-state index in [0.717, 1.165) is 22.5 Å². The number of carboxylic acids is 1. The van der Waals surface area contributed by atoms with Gasteiger partial charge in [0.2, 0.25) is 0 Å². The molecule has 1 atom stereocenters. The number of nitrogens with one attached hydrogen (secondary N) is 1. The van der Waals surface area contributed by atoms with Gasteiger partial charge in [-0.2, -0.15) is 5.10 Å². The van der Waals surface area contributed by atoms with E-state index in [0.29, 0.717) is 19.0 Å². The summed E-state index contributed by atoms with van der Waals surface area (Å²) < 4.78 is 17.5. The fourth-order valence-corrected chi connectivity index (χ4v) is 4.25. The summed E-state index contributed by atoms with van der Waals surface area (Å²) in [6.45, 7) is 11.2. The number of benzene rings is 2. The van der Waals surface area contributed by atoms with Crippen molar-refractivity contribution in [3.05, 3.63) is 71.9 Å². The summed E-state index contributed by atoms with van der Waals surface area (Å²) in [5.41, 5.74) is 3.73. The van der Waals surface area contributed by atoms with Gasteiger partial charge in [0.15, 0.2) is 14.4 Å². The monoisotopic (exact) mass is 482 g/mol. The Bertz CT molecular complexity index is 1060. The summed E-state index contributed by atoms with van der Waals surface area (Å²) in [6, 6.07) is 19.4. The Morgan fingerprint density at radius 1 is 1.06 bits per heavy atom. The third-order valence-electron chi connectivity index (χ3n) is 6.07. The summed E-state index contributed by atoms with van der Waals surface area (Å²) in [5, 5.41) is 16.9. The predicted molar refractivity (Wildman–Crippen MR) is 134 cm³/mol. The van der Waals surface area contributed by atoms with Gasteiger partial charge in [-0.3, -0.25) is 5.10 Å². The molecule has 0 amide bonds. The molecule has 0 aliphatic heterocycles. The zero-order chi connectivity index (χ0) is 24.8. The Morgan fingerprint density at radius 3 is 2.35 bits per heavy atom. The maximum Gasteiger partial charge on any atom is 0.335 e. The van der Waals surface area contributed by atoms with E-state index in [1.807, 2.05) is 61.6 Å². The van der Waals surface area contributed by atoms with Gasteiger partial charge in [-0.15, -0.1) is 0 Å². The molecule has 182 valence electrons. The highest BCUT2D eigenvalue weighted by atomic mass is 28.4. The number of hydrogen-bond donors (Lipinski definition) is 2. The van der Waals surface area contributed by atoms with Gasteiger partial charge in [0.25, 0.3) is 0 Å². The standard InChI is InChI=1S/C26H34N2O5Si/c1-26(2,3)34(4,5)33-24(25(29)30)18-32-22-13-11-20(12-14-22)23-15-21(27-28-23)17-31-16-19-9-7-6-8-10-19/h6-15,24H,16-18H2,1-5H3,(H,27,28)(H,29,30)/t24-/m1/s1. The average Bonchev–Trinajstić information content (AvgIpc) is 3.25. The summed E-state index contributed by atoms with van der Waals surface area (Å²) in [4.78, 5) is 11.7. The molecule has 0 radical (unpaired) electrons. The number of aromatic amines is 1. The molecule has 8 heteroatoms. The van der Waals surface area contributed by atoms with Gasteiger partial charge in [-0.1, -0.05) is 51.1 Å². The van der Waals surface area contributed by atoms with Crippen molar-refractivity contribution in [2.45, 2.75) is 58.2 Å². The van der Waals surface area contributed by atoms with Crippen LogP contribution in [0.2, 0.25) is 18.1 Å². The van der Waals surface area contributed by atoms with Crippen LogP contribution in [0.15, 0.2) is 60.7 Å². The van der Waals surface area contributed by atoms with E-state index in [9.17, 15) is 9.90 Å². The van der Waals surface area contributed by atoms with E-state index in [1.165, 1.54) is 0 Å². The third-order valence-corrected chi connectivity index (χ3v) is 10.6. The minimum absolute atomic E-state index is 0.0491. The first-order valence-electron chi connectivity index (χ1n) is 11.3. The molecule has 0 aliphatic carbocycles. The fraction of sp³-hybridized carbons (Fsp3) is 0.385. The summed E-state index contributed by atoms with van der Waals surface area (Å²) in [5.74, 6) is -0.434. The predicted octanol–water partition coefficient (Wildman–Crippen LogP) is 5.65. The second kappa shape index (κ2) is 11.0. The van der Waals surface area contributed by atoms with Crippen LogP contribution >= 0.6 is 0 Å². The number of H-pyrrole nitrogens is 1. The lowest BCUT2D eigenvalue weighted by molar-refractivity contribution is -0.147. The first-order chi connectivity index (χ1) is 16.0. The van der Waals surface area contributed by atoms with Crippen molar-refractivity contribution < 1.29 is 23.8 Å². The van der Waals surface area contributed by atoms with Crippen molar-refractivity contribution in [2.75, 3.05) is 6.61 Å².